The maximum atomic E-state index is 12.7. The van der Waals surface area contributed by atoms with Crippen molar-refractivity contribution in [1.29, 1.82) is 0 Å². The average Bonchev–Trinajstić information content (AvgIpc) is 2.27. The molecule has 7 heteroatoms. The molecule has 0 amide bonds. The molecule has 1 rings (SSSR count). The standard InChI is InChI=1S/C12H14F3NO3/c1-7(17)10(11(18)19)16-6-8-4-2-3-5-9(8)12(13,14)15/h2-5,7,10,16-17H,6H2,1H3,(H,18,19). The van der Waals surface area contributed by atoms with Crippen LogP contribution in [0.1, 0.15) is 18.1 Å². The zero-order chi connectivity index (χ0) is 14.6. The van der Waals surface area contributed by atoms with E-state index in [0.717, 1.165) is 6.07 Å². The Labute approximate surface area is 107 Å². The highest BCUT2D eigenvalue weighted by atomic mass is 19.4. The molecule has 0 radical (unpaired) electrons. The summed E-state index contributed by atoms with van der Waals surface area (Å²) in [7, 11) is 0. The summed E-state index contributed by atoms with van der Waals surface area (Å²) in [5.41, 5.74) is -0.890. The normalized spacial score (nSPS) is 15.0. The molecule has 0 fully saturated rings. The van der Waals surface area contributed by atoms with Crippen LogP contribution in [0.5, 0.6) is 0 Å². The van der Waals surface area contributed by atoms with Gasteiger partial charge in [0.2, 0.25) is 0 Å². The molecule has 106 valence electrons. The third kappa shape index (κ3) is 4.22. The van der Waals surface area contributed by atoms with Crippen molar-refractivity contribution in [1.82, 2.24) is 5.32 Å². The van der Waals surface area contributed by atoms with Crippen LogP contribution in [0, 0.1) is 0 Å². The molecule has 3 N–H and O–H groups in total. The first-order valence-electron chi connectivity index (χ1n) is 5.53. The SMILES string of the molecule is CC(O)C(NCc1ccccc1C(F)(F)F)C(=O)O. The molecule has 0 aliphatic rings. The van der Waals surface area contributed by atoms with E-state index in [1.807, 2.05) is 0 Å². The zero-order valence-electron chi connectivity index (χ0n) is 10.1. The minimum absolute atomic E-state index is 0.0677. The molecule has 0 aromatic heterocycles. The number of hydrogen-bond donors (Lipinski definition) is 3. The molecule has 0 bridgehead atoms. The van der Waals surface area contributed by atoms with Crippen LogP contribution in [0.2, 0.25) is 0 Å². The van der Waals surface area contributed by atoms with E-state index in [9.17, 15) is 23.1 Å². The number of carboxylic acid groups (broad SMARTS) is 1. The second kappa shape index (κ2) is 6.03. The zero-order valence-corrected chi connectivity index (χ0v) is 10.1. The van der Waals surface area contributed by atoms with Crippen LogP contribution in [-0.2, 0) is 17.5 Å². The van der Waals surface area contributed by atoms with E-state index in [1.165, 1.54) is 25.1 Å². The minimum Gasteiger partial charge on any atom is -0.480 e. The highest BCUT2D eigenvalue weighted by molar-refractivity contribution is 5.74. The summed E-state index contributed by atoms with van der Waals surface area (Å²) >= 11 is 0. The lowest BCUT2D eigenvalue weighted by Gasteiger charge is -2.19. The molecule has 2 unspecified atom stereocenters. The third-order valence-corrected chi connectivity index (χ3v) is 2.58. The Morgan fingerprint density at radius 3 is 2.42 bits per heavy atom. The van der Waals surface area contributed by atoms with E-state index in [-0.39, 0.29) is 12.1 Å². The maximum absolute atomic E-state index is 12.7. The van der Waals surface area contributed by atoms with E-state index in [0.29, 0.717) is 0 Å². The quantitative estimate of drug-likeness (QED) is 0.765. The van der Waals surface area contributed by atoms with E-state index < -0.39 is 29.9 Å². The van der Waals surface area contributed by atoms with Gasteiger partial charge in [-0.3, -0.25) is 10.1 Å². The van der Waals surface area contributed by atoms with Crippen LogP contribution >= 0.6 is 0 Å². The largest absolute Gasteiger partial charge is 0.480 e. The predicted octanol–water partition coefficient (Wildman–Crippen LogP) is 1.63. The van der Waals surface area contributed by atoms with Crippen LogP contribution in [0.3, 0.4) is 0 Å². The van der Waals surface area contributed by atoms with Gasteiger partial charge in [0.05, 0.1) is 11.7 Å². The Morgan fingerprint density at radius 2 is 1.95 bits per heavy atom. The van der Waals surface area contributed by atoms with Gasteiger partial charge in [-0.25, -0.2) is 0 Å². The molecule has 1 aromatic carbocycles. The summed E-state index contributed by atoms with van der Waals surface area (Å²) in [4.78, 5) is 10.8. The van der Waals surface area contributed by atoms with Crippen LogP contribution in [-0.4, -0.2) is 28.3 Å². The molecule has 0 saturated heterocycles. The number of aliphatic hydroxyl groups excluding tert-OH is 1. The van der Waals surface area contributed by atoms with Crippen LogP contribution < -0.4 is 5.32 Å². The van der Waals surface area contributed by atoms with Crippen molar-refractivity contribution in [3.63, 3.8) is 0 Å². The minimum atomic E-state index is -4.50. The summed E-state index contributed by atoms with van der Waals surface area (Å²) in [6.07, 6.45) is -5.71. The number of benzene rings is 1. The number of halogens is 3. The Kier molecular flexibility index (Phi) is 4.90. The van der Waals surface area contributed by atoms with Gasteiger partial charge in [-0.15, -0.1) is 0 Å². The molecular formula is C12H14F3NO3. The van der Waals surface area contributed by atoms with Gasteiger partial charge in [-0.1, -0.05) is 18.2 Å². The summed E-state index contributed by atoms with van der Waals surface area (Å²) in [6, 6.07) is 3.56. The summed E-state index contributed by atoms with van der Waals surface area (Å²) < 4.78 is 38.1. The molecule has 4 nitrogen and oxygen atoms in total. The molecule has 0 saturated carbocycles. The first kappa shape index (κ1) is 15.5. The fraction of sp³-hybridized carbons (Fsp3) is 0.417. The van der Waals surface area contributed by atoms with Gasteiger partial charge < -0.3 is 10.2 Å². The monoisotopic (exact) mass is 277 g/mol. The average molecular weight is 277 g/mol. The predicted molar refractivity (Wildman–Crippen MR) is 61.4 cm³/mol. The second-order valence-electron chi connectivity index (χ2n) is 4.09. The number of rotatable bonds is 5. The van der Waals surface area contributed by atoms with Gasteiger partial charge in [0.15, 0.2) is 0 Å². The highest BCUT2D eigenvalue weighted by Gasteiger charge is 2.33. The van der Waals surface area contributed by atoms with Gasteiger partial charge in [-0.05, 0) is 18.6 Å². The van der Waals surface area contributed by atoms with Crippen molar-refractivity contribution in [2.24, 2.45) is 0 Å². The van der Waals surface area contributed by atoms with Crippen LogP contribution in [0.4, 0.5) is 13.2 Å². The Morgan fingerprint density at radius 1 is 1.37 bits per heavy atom. The first-order chi connectivity index (χ1) is 8.73. The Bertz CT molecular complexity index is 446. The second-order valence-corrected chi connectivity index (χ2v) is 4.09. The van der Waals surface area contributed by atoms with E-state index in [4.69, 9.17) is 5.11 Å². The van der Waals surface area contributed by atoms with Crippen molar-refractivity contribution in [3.8, 4) is 0 Å². The van der Waals surface area contributed by atoms with Crippen molar-refractivity contribution < 1.29 is 28.2 Å². The number of nitrogens with one attached hydrogen (secondary N) is 1. The number of hydrogen-bond acceptors (Lipinski definition) is 3. The molecular weight excluding hydrogens is 263 g/mol. The molecule has 0 aliphatic carbocycles. The number of carbonyl (C=O) groups is 1. The lowest BCUT2D eigenvalue weighted by molar-refractivity contribution is -0.142. The van der Waals surface area contributed by atoms with Crippen molar-refractivity contribution in [2.75, 3.05) is 0 Å². The maximum Gasteiger partial charge on any atom is 0.416 e. The van der Waals surface area contributed by atoms with Gasteiger partial charge in [0, 0.05) is 6.54 Å². The van der Waals surface area contributed by atoms with Gasteiger partial charge in [0.1, 0.15) is 6.04 Å². The summed E-state index contributed by atoms with van der Waals surface area (Å²) in [6.45, 7) is 0.957. The number of carboxylic acids is 1. The molecule has 0 heterocycles. The van der Waals surface area contributed by atoms with Gasteiger partial charge in [-0.2, -0.15) is 13.2 Å². The molecule has 0 spiro atoms. The number of alkyl halides is 3. The highest BCUT2D eigenvalue weighted by Crippen LogP contribution is 2.31. The Hall–Kier alpha value is -1.60. The third-order valence-electron chi connectivity index (χ3n) is 2.58. The number of aliphatic carboxylic acids is 1. The molecule has 0 aliphatic heterocycles. The summed E-state index contributed by atoms with van der Waals surface area (Å²) in [5.74, 6) is -1.32. The molecule has 1 aromatic rings. The van der Waals surface area contributed by atoms with E-state index in [2.05, 4.69) is 5.32 Å². The van der Waals surface area contributed by atoms with Crippen LogP contribution in [0.15, 0.2) is 24.3 Å². The number of aliphatic hydroxyl groups is 1. The Balaban J connectivity index is 2.86. The fourth-order valence-electron chi connectivity index (χ4n) is 1.64. The van der Waals surface area contributed by atoms with Crippen molar-refractivity contribution >= 4 is 5.97 Å². The summed E-state index contributed by atoms with van der Waals surface area (Å²) in [5, 5.41) is 20.4. The van der Waals surface area contributed by atoms with Gasteiger partial charge in [0.25, 0.3) is 0 Å². The molecule has 19 heavy (non-hydrogen) atoms. The first-order valence-corrected chi connectivity index (χ1v) is 5.53. The topological polar surface area (TPSA) is 69.6 Å². The molecule has 2 atom stereocenters. The van der Waals surface area contributed by atoms with Crippen molar-refractivity contribution in [2.45, 2.75) is 31.8 Å². The van der Waals surface area contributed by atoms with E-state index in [1.54, 1.807) is 0 Å². The lowest BCUT2D eigenvalue weighted by Crippen LogP contribution is -2.44. The lowest BCUT2D eigenvalue weighted by atomic mass is 10.1. The van der Waals surface area contributed by atoms with Gasteiger partial charge >= 0.3 is 12.1 Å². The van der Waals surface area contributed by atoms with E-state index >= 15 is 0 Å². The smallest absolute Gasteiger partial charge is 0.416 e. The van der Waals surface area contributed by atoms with Crippen LogP contribution in [0.25, 0.3) is 0 Å². The van der Waals surface area contributed by atoms with Crippen molar-refractivity contribution in [3.05, 3.63) is 35.4 Å². The fourth-order valence-corrected chi connectivity index (χ4v) is 1.64.